The van der Waals surface area contributed by atoms with Crippen LogP contribution in [0.25, 0.3) is 0 Å². The van der Waals surface area contributed by atoms with Crippen LogP contribution in [0.1, 0.15) is 31.1 Å². The zero-order chi connectivity index (χ0) is 15.2. The fourth-order valence-corrected chi connectivity index (χ4v) is 1.61. The number of carboxylic acids is 1. The van der Waals surface area contributed by atoms with Gasteiger partial charge in [-0.1, -0.05) is 30.3 Å². The molecule has 0 fully saturated rings. The Morgan fingerprint density at radius 1 is 0.682 bits per heavy atom. The van der Waals surface area contributed by atoms with E-state index < -0.39 is 17.8 Å². The summed E-state index contributed by atoms with van der Waals surface area (Å²) in [7, 11) is 0. The third-order valence-electron chi connectivity index (χ3n) is 2.71. The predicted molar refractivity (Wildman–Crippen MR) is 72.1 cm³/mol. The molecule has 22 heavy (non-hydrogen) atoms. The third-order valence-corrected chi connectivity index (χ3v) is 2.71. The summed E-state index contributed by atoms with van der Waals surface area (Å²) in [4.78, 5) is 34.1. The van der Waals surface area contributed by atoms with Gasteiger partial charge < -0.3 is 9.90 Å². The summed E-state index contributed by atoms with van der Waals surface area (Å²) in [6.07, 6.45) is 0. The van der Waals surface area contributed by atoms with E-state index in [4.69, 9.17) is 0 Å². The summed E-state index contributed by atoms with van der Waals surface area (Å²) < 4.78 is 0. The van der Waals surface area contributed by atoms with Crippen molar-refractivity contribution in [3.8, 4) is 0 Å². The standard InChI is InChI=1S/C15H12N2O4.Li/c18-13(10-4-2-1-3-5-10)16-17-14(19)11-6-8-12(9-7-11)15(20)21;/h1-9H,(H,16,18)(H,17,19)(H,20,21);/q;+1/p-1. The summed E-state index contributed by atoms with van der Waals surface area (Å²) in [6, 6.07) is 13.6. The van der Waals surface area contributed by atoms with E-state index in [0.717, 1.165) is 0 Å². The molecule has 2 amide bonds. The monoisotopic (exact) mass is 290 g/mol. The number of carbonyl (C=O) groups excluding carboxylic acids is 3. The van der Waals surface area contributed by atoms with E-state index in [1.54, 1.807) is 30.3 Å². The van der Waals surface area contributed by atoms with Crippen LogP contribution in [0.5, 0.6) is 0 Å². The Balaban J connectivity index is 0.00000242. The quantitative estimate of drug-likeness (QED) is 0.469. The van der Waals surface area contributed by atoms with Crippen molar-refractivity contribution in [1.82, 2.24) is 10.9 Å². The molecule has 0 aliphatic rings. The van der Waals surface area contributed by atoms with Crippen LogP contribution in [-0.2, 0) is 0 Å². The fraction of sp³-hybridized carbons (Fsp3) is 0. The van der Waals surface area contributed by atoms with Crippen molar-refractivity contribution in [3.05, 3.63) is 71.3 Å². The summed E-state index contributed by atoms with van der Waals surface area (Å²) in [5.74, 6) is -2.32. The van der Waals surface area contributed by atoms with Gasteiger partial charge in [-0.3, -0.25) is 20.4 Å². The molecule has 0 bridgehead atoms. The first-order valence-electron chi connectivity index (χ1n) is 6.05. The molecule has 0 atom stereocenters. The van der Waals surface area contributed by atoms with Crippen LogP contribution in [0.4, 0.5) is 0 Å². The molecule has 0 aliphatic carbocycles. The fourth-order valence-electron chi connectivity index (χ4n) is 1.61. The number of rotatable bonds is 3. The second-order valence-electron chi connectivity index (χ2n) is 4.14. The van der Waals surface area contributed by atoms with Crippen LogP contribution in [0.15, 0.2) is 54.6 Å². The smallest absolute Gasteiger partial charge is 0.545 e. The predicted octanol–water partition coefficient (Wildman–Crippen LogP) is -2.87. The number of carbonyl (C=O) groups is 3. The largest absolute Gasteiger partial charge is 1.00 e. The molecule has 2 rings (SSSR count). The van der Waals surface area contributed by atoms with Gasteiger partial charge in [0, 0.05) is 11.1 Å². The summed E-state index contributed by atoms with van der Waals surface area (Å²) in [5, 5.41) is 10.6. The number of carboxylic acid groups (broad SMARTS) is 1. The SMILES string of the molecule is O=C([O-])c1ccc(C(=O)NNC(=O)c2ccccc2)cc1.[Li+]. The molecule has 0 aromatic heterocycles. The molecule has 0 radical (unpaired) electrons. The first kappa shape index (κ1) is 17.5. The molecule has 2 aromatic rings. The molecule has 0 saturated carbocycles. The van der Waals surface area contributed by atoms with Gasteiger partial charge in [-0.2, -0.15) is 0 Å². The molecule has 0 spiro atoms. The number of amides is 2. The minimum atomic E-state index is -1.32. The van der Waals surface area contributed by atoms with Gasteiger partial charge in [0.05, 0.1) is 5.97 Å². The topological polar surface area (TPSA) is 98.3 Å². The number of hydrogen-bond donors (Lipinski definition) is 2. The third kappa shape index (κ3) is 4.48. The van der Waals surface area contributed by atoms with Crippen LogP contribution in [-0.4, -0.2) is 17.8 Å². The Hall–Kier alpha value is -2.55. The van der Waals surface area contributed by atoms with Gasteiger partial charge in [-0.15, -0.1) is 0 Å². The number of hydrazine groups is 1. The van der Waals surface area contributed by atoms with Crippen molar-refractivity contribution in [3.63, 3.8) is 0 Å². The van der Waals surface area contributed by atoms with E-state index in [9.17, 15) is 19.5 Å². The second-order valence-corrected chi connectivity index (χ2v) is 4.14. The Morgan fingerprint density at radius 3 is 1.55 bits per heavy atom. The molecule has 7 heteroatoms. The van der Waals surface area contributed by atoms with Crippen molar-refractivity contribution >= 4 is 17.8 Å². The molecule has 0 heterocycles. The van der Waals surface area contributed by atoms with Gasteiger partial charge in [-0.25, -0.2) is 0 Å². The first-order valence-corrected chi connectivity index (χ1v) is 6.05. The van der Waals surface area contributed by atoms with Crippen LogP contribution in [0.2, 0.25) is 0 Å². The molecule has 6 nitrogen and oxygen atoms in total. The van der Waals surface area contributed by atoms with Crippen molar-refractivity contribution < 1.29 is 38.4 Å². The van der Waals surface area contributed by atoms with Crippen LogP contribution < -0.4 is 34.8 Å². The van der Waals surface area contributed by atoms with Gasteiger partial charge in [-0.05, 0) is 29.8 Å². The maximum Gasteiger partial charge on any atom is 1.00 e. The Kier molecular flexibility index (Phi) is 6.39. The van der Waals surface area contributed by atoms with Gasteiger partial charge >= 0.3 is 18.9 Å². The Bertz CT molecular complexity index is 672. The van der Waals surface area contributed by atoms with E-state index >= 15 is 0 Å². The van der Waals surface area contributed by atoms with Crippen molar-refractivity contribution in [1.29, 1.82) is 0 Å². The average molecular weight is 290 g/mol. The molecule has 0 unspecified atom stereocenters. The van der Waals surface area contributed by atoms with Crippen LogP contribution >= 0.6 is 0 Å². The number of benzene rings is 2. The molecular weight excluding hydrogens is 279 g/mol. The number of nitrogens with one attached hydrogen (secondary N) is 2. The molecule has 106 valence electrons. The normalized spacial score (nSPS) is 9.27. The van der Waals surface area contributed by atoms with E-state index in [1.807, 2.05) is 0 Å². The minimum absolute atomic E-state index is 0. The summed E-state index contributed by atoms with van der Waals surface area (Å²) in [5.41, 5.74) is 5.11. The Labute approximate surface area is 138 Å². The zero-order valence-electron chi connectivity index (χ0n) is 11.8. The second kappa shape index (κ2) is 8.03. The van der Waals surface area contributed by atoms with Crippen molar-refractivity contribution in [2.45, 2.75) is 0 Å². The maximum atomic E-state index is 11.8. The number of hydrogen-bond acceptors (Lipinski definition) is 4. The van der Waals surface area contributed by atoms with Gasteiger partial charge in [0.2, 0.25) is 0 Å². The van der Waals surface area contributed by atoms with Gasteiger partial charge in [0.1, 0.15) is 0 Å². The molecule has 0 saturated heterocycles. The summed E-state index contributed by atoms with van der Waals surface area (Å²) in [6.45, 7) is 0. The van der Waals surface area contributed by atoms with E-state index in [1.165, 1.54) is 24.3 Å². The van der Waals surface area contributed by atoms with E-state index in [2.05, 4.69) is 10.9 Å². The van der Waals surface area contributed by atoms with Crippen LogP contribution in [0, 0.1) is 0 Å². The summed E-state index contributed by atoms with van der Waals surface area (Å²) >= 11 is 0. The average Bonchev–Trinajstić information content (AvgIpc) is 2.53. The van der Waals surface area contributed by atoms with Gasteiger partial charge in [0.25, 0.3) is 11.8 Å². The van der Waals surface area contributed by atoms with E-state index in [-0.39, 0.29) is 30.0 Å². The van der Waals surface area contributed by atoms with Crippen LogP contribution in [0.3, 0.4) is 0 Å². The van der Waals surface area contributed by atoms with Crippen molar-refractivity contribution in [2.24, 2.45) is 0 Å². The molecule has 0 aliphatic heterocycles. The van der Waals surface area contributed by atoms with Crippen molar-refractivity contribution in [2.75, 3.05) is 0 Å². The van der Waals surface area contributed by atoms with Gasteiger partial charge in [0.15, 0.2) is 0 Å². The first-order chi connectivity index (χ1) is 10.1. The zero-order valence-corrected chi connectivity index (χ0v) is 11.8. The maximum absolute atomic E-state index is 11.8. The molecule has 2 aromatic carbocycles. The minimum Gasteiger partial charge on any atom is -0.545 e. The molecule has 2 N–H and O–H groups in total. The Morgan fingerprint density at radius 2 is 1.09 bits per heavy atom. The van der Waals surface area contributed by atoms with E-state index in [0.29, 0.717) is 5.56 Å². The number of aromatic carboxylic acids is 1. The molecular formula is C15H11LiN2O4.